The molecular weight excluding hydrogens is 246 g/mol. The lowest BCUT2D eigenvalue weighted by atomic mass is 10.2. The molecule has 0 aromatic rings. The van der Waals surface area contributed by atoms with Gasteiger partial charge in [-0.1, -0.05) is 13.8 Å². The Morgan fingerprint density at radius 3 is 2.16 bits per heavy atom. The van der Waals surface area contributed by atoms with E-state index < -0.39 is 5.97 Å². The minimum atomic E-state index is -0.906. The molecule has 0 radical (unpaired) electrons. The van der Waals surface area contributed by atoms with Gasteiger partial charge in [0.15, 0.2) is 0 Å². The molecule has 0 bridgehead atoms. The summed E-state index contributed by atoms with van der Waals surface area (Å²) in [7, 11) is 3.91. The molecule has 2 amide bonds. The molecule has 6 heteroatoms. The van der Waals surface area contributed by atoms with E-state index in [1.165, 1.54) is 0 Å². The summed E-state index contributed by atoms with van der Waals surface area (Å²) in [4.78, 5) is 26.4. The molecule has 19 heavy (non-hydrogen) atoms. The fourth-order valence-corrected chi connectivity index (χ4v) is 1.65. The van der Waals surface area contributed by atoms with Crippen LogP contribution in [0.5, 0.6) is 0 Å². The zero-order valence-corrected chi connectivity index (χ0v) is 12.6. The summed E-state index contributed by atoms with van der Waals surface area (Å²) >= 11 is 0. The summed E-state index contributed by atoms with van der Waals surface area (Å²) in [6, 6.07) is -0.552. The molecule has 0 rings (SSSR count). The lowest BCUT2D eigenvalue weighted by Crippen LogP contribution is -2.47. The van der Waals surface area contributed by atoms with Crippen LogP contribution in [0, 0.1) is 5.92 Å². The van der Waals surface area contributed by atoms with Crippen molar-refractivity contribution in [3.05, 3.63) is 0 Å². The van der Waals surface area contributed by atoms with Gasteiger partial charge in [-0.2, -0.15) is 0 Å². The van der Waals surface area contributed by atoms with Crippen LogP contribution in [0.1, 0.15) is 27.2 Å². The molecule has 0 aromatic carbocycles. The van der Waals surface area contributed by atoms with E-state index in [9.17, 15) is 9.59 Å². The largest absolute Gasteiger partial charge is 0.481 e. The number of rotatable bonds is 8. The van der Waals surface area contributed by atoms with Gasteiger partial charge < -0.3 is 20.2 Å². The fourth-order valence-electron chi connectivity index (χ4n) is 1.65. The van der Waals surface area contributed by atoms with E-state index in [0.29, 0.717) is 19.0 Å². The van der Waals surface area contributed by atoms with Crippen LogP contribution in [0.2, 0.25) is 0 Å². The van der Waals surface area contributed by atoms with Gasteiger partial charge in [0.25, 0.3) is 0 Å². The number of urea groups is 1. The van der Waals surface area contributed by atoms with Crippen molar-refractivity contribution in [1.82, 2.24) is 15.1 Å². The second kappa shape index (κ2) is 8.74. The van der Waals surface area contributed by atoms with Crippen LogP contribution in [0.3, 0.4) is 0 Å². The quantitative estimate of drug-likeness (QED) is 0.694. The second-order valence-corrected chi connectivity index (χ2v) is 5.59. The number of carbonyl (C=O) groups is 2. The highest BCUT2D eigenvalue weighted by atomic mass is 16.4. The first-order valence-corrected chi connectivity index (χ1v) is 6.64. The highest BCUT2D eigenvalue weighted by Crippen LogP contribution is 2.01. The first kappa shape index (κ1) is 17.7. The average Bonchev–Trinajstić information content (AvgIpc) is 2.21. The topological polar surface area (TPSA) is 72.9 Å². The Bertz CT molecular complexity index is 293. The van der Waals surface area contributed by atoms with Crippen molar-refractivity contribution in [2.45, 2.75) is 33.2 Å². The zero-order chi connectivity index (χ0) is 15.0. The predicted octanol–water partition coefficient (Wildman–Crippen LogP) is 1.08. The molecule has 0 saturated carbocycles. The Morgan fingerprint density at radius 1 is 1.16 bits per heavy atom. The van der Waals surface area contributed by atoms with Crippen molar-refractivity contribution in [3.8, 4) is 0 Å². The third-order valence-electron chi connectivity index (χ3n) is 2.54. The van der Waals surface area contributed by atoms with E-state index in [0.717, 1.165) is 6.54 Å². The van der Waals surface area contributed by atoms with Crippen LogP contribution in [-0.2, 0) is 4.79 Å². The summed E-state index contributed by atoms with van der Waals surface area (Å²) in [6.45, 7) is 7.89. The number of nitrogens with zero attached hydrogens (tertiary/aromatic N) is 2. The van der Waals surface area contributed by atoms with Crippen molar-refractivity contribution in [1.29, 1.82) is 0 Å². The van der Waals surface area contributed by atoms with E-state index in [4.69, 9.17) is 5.11 Å². The molecule has 0 heterocycles. The van der Waals surface area contributed by atoms with Crippen molar-refractivity contribution in [3.63, 3.8) is 0 Å². The van der Waals surface area contributed by atoms with Crippen molar-refractivity contribution < 1.29 is 14.7 Å². The van der Waals surface area contributed by atoms with Crippen molar-refractivity contribution in [2.24, 2.45) is 5.92 Å². The van der Waals surface area contributed by atoms with E-state index in [1.807, 2.05) is 19.0 Å². The lowest BCUT2D eigenvalue weighted by molar-refractivity contribution is -0.137. The van der Waals surface area contributed by atoms with Gasteiger partial charge in [-0.25, -0.2) is 4.79 Å². The number of carbonyl (C=O) groups excluding carboxylic acids is 1. The van der Waals surface area contributed by atoms with Crippen LogP contribution >= 0.6 is 0 Å². The number of hydrogen-bond donors (Lipinski definition) is 2. The Kier molecular flexibility index (Phi) is 8.14. The van der Waals surface area contributed by atoms with Gasteiger partial charge in [-0.05, 0) is 26.9 Å². The summed E-state index contributed by atoms with van der Waals surface area (Å²) < 4.78 is 0. The minimum absolute atomic E-state index is 0.0606. The molecule has 0 aromatic heterocycles. The van der Waals surface area contributed by atoms with Gasteiger partial charge >= 0.3 is 12.0 Å². The van der Waals surface area contributed by atoms with E-state index >= 15 is 0 Å². The maximum absolute atomic E-state index is 12.1. The number of aliphatic carboxylic acids is 1. The molecule has 0 aliphatic carbocycles. The SMILES string of the molecule is CC(C)CN(CCN(C)C)C(=O)NC(C)CC(=O)O. The Labute approximate surface area is 115 Å². The monoisotopic (exact) mass is 273 g/mol. The molecule has 112 valence electrons. The fraction of sp³-hybridized carbons (Fsp3) is 0.846. The zero-order valence-electron chi connectivity index (χ0n) is 12.6. The molecule has 0 aliphatic heterocycles. The standard InChI is InChI=1S/C13H27N3O3/c1-10(2)9-16(7-6-15(4)5)13(19)14-11(3)8-12(17)18/h10-11H,6-9H2,1-5H3,(H,14,19)(H,17,18). The minimum Gasteiger partial charge on any atom is -0.481 e. The Balaban J connectivity index is 4.39. The first-order valence-electron chi connectivity index (χ1n) is 6.64. The van der Waals surface area contributed by atoms with Gasteiger partial charge in [0.05, 0.1) is 6.42 Å². The van der Waals surface area contributed by atoms with Crippen LogP contribution < -0.4 is 5.32 Å². The summed E-state index contributed by atoms with van der Waals surface area (Å²) in [5.74, 6) is -0.529. The molecule has 0 saturated heterocycles. The molecular formula is C13H27N3O3. The normalized spacial score (nSPS) is 12.6. The van der Waals surface area contributed by atoms with E-state index in [-0.39, 0.29) is 18.5 Å². The molecule has 1 unspecified atom stereocenters. The van der Waals surface area contributed by atoms with Crippen LogP contribution in [0.25, 0.3) is 0 Å². The molecule has 2 N–H and O–H groups in total. The predicted molar refractivity (Wildman–Crippen MR) is 75.2 cm³/mol. The van der Waals surface area contributed by atoms with Crippen molar-refractivity contribution in [2.75, 3.05) is 33.7 Å². The molecule has 0 spiro atoms. The first-order chi connectivity index (χ1) is 8.72. The van der Waals surface area contributed by atoms with Crippen LogP contribution in [0.15, 0.2) is 0 Å². The second-order valence-electron chi connectivity index (χ2n) is 5.59. The Hall–Kier alpha value is -1.30. The molecule has 6 nitrogen and oxygen atoms in total. The van der Waals surface area contributed by atoms with Gasteiger partial charge in [0.1, 0.15) is 0 Å². The van der Waals surface area contributed by atoms with Gasteiger partial charge in [-0.15, -0.1) is 0 Å². The number of likely N-dealkylation sites (N-methyl/N-ethyl adjacent to an activating group) is 1. The highest BCUT2D eigenvalue weighted by molar-refractivity contribution is 5.75. The van der Waals surface area contributed by atoms with Gasteiger partial charge in [-0.3, -0.25) is 4.79 Å². The number of amides is 2. The molecule has 0 aliphatic rings. The average molecular weight is 273 g/mol. The number of carboxylic acid groups (broad SMARTS) is 1. The van der Waals surface area contributed by atoms with Crippen molar-refractivity contribution >= 4 is 12.0 Å². The number of nitrogens with one attached hydrogen (secondary N) is 1. The third kappa shape index (κ3) is 9.30. The maximum atomic E-state index is 12.1. The van der Waals surface area contributed by atoms with Crippen LogP contribution in [-0.4, -0.2) is 66.7 Å². The van der Waals surface area contributed by atoms with E-state index in [1.54, 1.807) is 11.8 Å². The molecule has 0 fully saturated rings. The Morgan fingerprint density at radius 2 is 1.74 bits per heavy atom. The number of hydrogen-bond acceptors (Lipinski definition) is 3. The third-order valence-corrected chi connectivity index (χ3v) is 2.54. The number of carboxylic acids is 1. The van der Waals surface area contributed by atoms with Gasteiger partial charge in [0, 0.05) is 25.7 Å². The maximum Gasteiger partial charge on any atom is 0.317 e. The van der Waals surface area contributed by atoms with Crippen LogP contribution in [0.4, 0.5) is 4.79 Å². The molecule has 1 atom stereocenters. The lowest BCUT2D eigenvalue weighted by Gasteiger charge is -2.27. The van der Waals surface area contributed by atoms with Gasteiger partial charge in [0.2, 0.25) is 0 Å². The highest BCUT2D eigenvalue weighted by Gasteiger charge is 2.18. The smallest absolute Gasteiger partial charge is 0.317 e. The summed E-state index contributed by atoms with van der Waals surface area (Å²) in [5.41, 5.74) is 0. The summed E-state index contributed by atoms with van der Waals surface area (Å²) in [5, 5.41) is 11.4. The van der Waals surface area contributed by atoms with E-state index in [2.05, 4.69) is 19.2 Å². The summed E-state index contributed by atoms with van der Waals surface area (Å²) in [6.07, 6.45) is -0.0606.